The maximum absolute atomic E-state index is 13.9. The highest BCUT2D eigenvalue weighted by molar-refractivity contribution is 9.10. The van der Waals surface area contributed by atoms with Crippen molar-refractivity contribution in [2.24, 2.45) is 5.73 Å². The van der Waals surface area contributed by atoms with Gasteiger partial charge in [-0.15, -0.1) is 0 Å². The number of Topliss-reactive ketones (excluding diaryl/α,β-unsaturated/α-hetero) is 1. The van der Waals surface area contributed by atoms with Gasteiger partial charge in [-0.25, -0.2) is 4.39 Å². The number of rotatable bonds is 8. The minimum absolute atomic E-state index is 0.0550. The van der Waals surface area contributed by atoms with E-state index in [0.29, 0.717) is 27.0 Å². The van der Waals surface area contributed by atoms with E-state index in [1.807, 2.05) is 32.9 Å². The fraction of sp³-hybridized carbons (Fsp3) is 0.194. The van der Waals surface area contributed by atoms with E-state index in [9.17, 15) is 18.8 Å². The topological polar surface area (TPSA) is 92.5 Å². The highest BCUT2D eigenvalue weighted by Gasteiger charge is 2.21. The summed E-state index contributed by atoms with van der Waals surface area (Å²) in [5.74, 6) is -1.66. The molecular formula is C31H32BrCl3FN3O3. The van der Waals surface area contributed by atoms with Gasteiger partial charge in [0.1, 0.15) is 11.5 Å². The minimum Gasteiger partial charge on any atom is -0.398 e. The second-order valence-electron chi connectivity index (χ2n) is 8.32. The van der Waals surface area contributed by atoms with Crippen LogP contribution < -0.4 is 11.1 Å². The lowest BCUT2D eigenvalue weighted by atomic mass is 10.0. The van der Waals surface area contributed by atoms with Crippen LogP contribution in [0.3, 0.4) is 0 Å². The molecule has 0 spiro atoms. The number of carbonyl (C=O) groups is 3. The number of nitrogens with zero attached hydrogens (tertiary/aromatic N) is 1. The number of allylic oxidation sites excluding steroid dienone is 2. The molecule has 42 heavy (non-hydrogen) atoms. The SMILES string of the molecule is CC.CN/C(=C\C(C(C)=O)=C(\N)c1ccc(Cl)cc1)C(=O)N(C=O)Cc1ccccc1F.Cc1c(Cl)cc(Br)cc1Cl. The van der Waals surface area contributed by atoms with Crippen LogP contribution in [-0.2, 0) is 20.9 Å². The molecule has 0 radical (unpaired) electrons. The molecule has 0 aliphatic rings. The third-order valence-corrected chi connectivity index (χ3v) is 7.04. The van der Waals surface area contributed by atoms with Crippen LogP contribution in [0.2, 0.25) is 15.1 Å². The molecule has 11 heteroatoms. The summed E-state index contributed by atoms with van der Waals surface area (Å²) in [5, 5.41) is 4.57. The van der Waals surface area contributed by atoms with Crippen LogP contribution in [0, 0.1) is 12.7 Å². The number of benzene rings is 3. The lowest BCUT2D eigenvalue weighted by molar-refractivity contribution is -0.136. The maximum atomic E-state index is 13.9. The molecule has 0 saturated heterocycles. The summed E-state index contributed by atoms with van der Waals surface area (Å²) in [6.45, 7) is 6.93. The van der Waals surface area contributed by atoms with Gasteiger partial charge in [0.05, 0.1) is 6.54 Å². The summed E-state index contributed by atoms with van der Waals surface area (Å²) >= 11 is 20.8. The van der Waals surface area contributed by atoms with Crippen LogP contribution in [0.5, 0.6) is 0 Å². The molecule has 0 atom stereocenters. The van der Waals surface area contributed by atoms with Gasteiger partial charge in [0, 0.05) is 43.4 Å². The Morgan fingerprint density at radius 3 is 2.05 bits per heavy atom. The first-order chi connectivity index (χ1) is 19.9. The van der Waals surface area contributed by atoms with Crippen molar-refractivity contribution in [1.82, 2.24) is 10.2 Å². The van der Waals surface area contributed by atoms with E-state index in [-0.39, 0.29) is 34.9 Å². The Morgan fingerprint density at radius 2 is 1.57 bits per heavy atom. The van der Waals surface area contributed by atoms with Crippen LogP contribution in [0.15, 0.2) is 82.5 Å². The molecule has 3 aromatic rings. The van der Waals surface area contributed by atoms with E-state index in [0.717, 1.165) is 14.9 Å². The molecular weight excluding hydrogens is 668 g/mol. The number of ketones is 1. The summed E-state index contributed by atoms with van der Waals surface area (Å²) < 4.78 is 14.8. The van der Waals surface area contributed by atoms with Crippen molar-refractivity contribution in [1.29, 1.82) is 0 Å². The number of amides is 2. The van der Waals surface area contributed by atoms with Gasteiger partial charge in [-0.05, 0) is 61.4 Å². The summed E-state index contributed by atoms with van der Waals surface area (Å²) in [6.07, 6.45) is 1.58. The van der Waals surface area contributed by atoms with Crippen molar-refractivity contribution in [2.45, 2.75) is 34.2 Å². The lowest BCUT2D eigenvalue weighted by Crippen LogP contribution is -2.34. The Balaban J connectivity index is 0.000000613. The lowest BCUT2D eigenvalue weighted by Gasteiger charge is -2.18. The Morgan fingerprint density at radius 1 is 1.02 bits per heavy atom. The smallest absolute Gasteiger partial charge is 0.276 e. The third kappa shape index (κ3) is 10.9. The van der Waals surface area contributed by atoms with E-state index in [2.05, 4.69) is 21.2 Å². The fourth-order valence-electron chi connectivity index (χ4n) is 3.28. The van der Waals surface area contributed by atoms with E-state index in [1.165, 1.54) is 38.2 Å². The van der Waals surface area contributed by atoms with E-state index in [4.69, 9.17) is 40.5 Å². The first kappa shape index (κ1) is 36.9. The number of carbonyl (C=O) groups excluding carboxylic acids is 3. The summed E-state index contributed by atoms with van der Waals surface area (Å²) in [6, 6.07) is 16.0. The van der Waals surface area contributed by atoms with Crippen LogP contribution >= 0.6 is 50.7 Å². The number of nitrogens with one attached hydrogen (secondary N) is 1. The molecule has 224 valence electrons. The van der Waals surface area contributed by atoms with Crippen LogP contribution in [0.25, 0.3) is 5.70 Å². The van der Waals surface area contributed by atoms with Crippen molar-refractivity contribution < 1.29 is 18.8 Å². The second-order valence-corrected chi connectivity index (χ2v) is 10.5. The van der Waals surface area contributed by atoms with Crippen LogP contribution in [0.4, 0.5) is 4.39 Å². The first-order valence-corrected chi connectivity index (χ1v) is 14.6. The highest BCUT2D eigenvalue weighted by atomic mass is 79.9. The van der Waals surface area contributed by atoms with Crippen molar-refractivity contribution in [3.05, 3.63) is 120 Å². The minimum atomic E-state index is -0.738. The molecule has 0 fully saturated rings. The molecule has 6 nitrogen and oxygen atoms in total. The number of imide groups is 1. The van der Waals surface area contributed by atoms with Gasteiger partial charge in [-0.3, -0.25) is 19.3 Å². The highest BCUT2D eigenvalue weighted by Crippen LogP contribution is 2.28. The Bertz CT molecular complexity index is 1440. The molecule has 0 saturated carbocycles. The van der Waals surface area contributed by atoms with E-state index in [1.54, 1.807) is 30.3 Å². The number of halogens is 5. The predicted molar refractivity (Wildman–Crippen MR) is 174 cm³/mol. The van der Waals surface area contributed by atoms with Crippen molar-refractivity contribution >= 4 is 74.5 Å². The molecule has 2 amide bonds. The van der Waals surface area contributed by atoms with Gasteiger partial charge in [-0.2, -0.15) is 0 Å². The van der Waals surface area contributed by atoms with Gasteiger partial charge < -0.3 is 11.1 Å². The van der Waals surface area contributed by atoms with Gasteiger partial charge in [-0.1, -0.05) is 94.9 Å². The van der Waals surface area contributed by atoms with Crippen LogP contribution in [0.1, 0.15) is 37.5 Å². The molecule has 0 aromatic heterocycles. The second kappa shape index (κ2) is 18.4. The zero-order chi connectivity index (χ0) is 32.0. The number of hydrogen-bond acceptors (Lipinski definition) is 5. The predicted octanol–water partition coefficient (Wildman–Crippen LogP) is 8.12. The average molecular weight is 700 g/mol. The molecule has 0 aliphatic heterocycles. The van der Waals surface area contributed by atoms with Gasteiger partial charge in [0.25, 0.3) is 5.91 Å². The number of nitrogens with two attached hydrogens (primary N) is 1. The quantitative estimate of drug-likeness (QED) is 0.141. The monoisotopic (exact) mass is 697 g/mol. The Hall–Kier alpha value is -3.17. The summed E-state index contributed by atoms with van der Waals surface area (Å²) in [4.78, 5) is 37.3. The molecule has 3 rings (SSSR count). The zero-order valence-electron chi connectivity index (χ0n) is 23.8. The molecule has 0 aliphatic carbocycles. The summed E-state index contributed by atoms with van der Waals surface area (Å²) in [5.41, 5.74) is 7.95. The standard InChI is InChI=1S/C22H21ClFN3O3.C7H5BrCl2.C2H6/c1-14(29)18(21(25)15-7-9-17(23)10-8-15)11-20(26-2)22(30)27(13-28)12-16-5-3-4-6-19(16)24;1-4-6(9)2-5(8)3-7(4)10;1-2/h3-11,13,26H,12,25H2,1-2H3;2-3H,1H3;1-2H3/b20-11-,21-18-;;. The van der Waals surface area contributed by atoms with Crippen molar-refractivity contribution in [3.63, 3.8) is 0 Å². The molecule has 3 aromatic carbocycles. The van der Waals surface area contributed by atoms with Crippen molar-refractivity contribution in [2.75, 3.05) is 7.05 Å². The van der Waals surface area contributed by atoms with Gasteiger partial charge in [0.15, 0.2) is 5.78 Å². The van der Waals surface area contributed by atoms with Crippen LogP contribution in [-0.4, -0.2) is 30.0 Å². The van der Waals surface area contributed by atoms with Crippen molar-refractivity contribution in [3.8, 4) is 0 Å². The summed E-state index contributed by atoms with van der Waals surface area (Å²) in [7, 11) is 1.46. The normalized spacial score (nSPS) is 11.1. The molecule has 0 heterocycles. The largest absolute Gasteiger partial charge is 0.398 e. The molecule has 0 unspecified atom stereocenters. The average Bonchev–Trinajstić information content (AvgIpc) is 2.97. The Kier molecular flexibility index (Phi) is 16.1. The number of likely N-dealkylation sites (N-methyl/N-ethyl adjacent to an activating group) is 1. The third-order valence-electron chi connectivity index (χ3n) is 5.55. The molecule has 3 N–H and O–H groups in total. The van der Waals surface area contributed by atoms with Gasteiger partial charge >= 0.3 is 0 Å². The Labute approximate surface area is 269 Å². The maximum Gasteiger partial charge on any atom is 0.276 e. The number of hydrogen-bond donors (Lipinski definition) is 2. The zero-order valence-corrected chi connectivity index (χ0v) is 27.6. The molecule has 0 bridgehead atoms. The van der Waals surface area contributed by atoms with E-state index < -0.39 is 11.7 Å². The fourth-order valence-corrected chi connectivity index (χ4v) is 4.61. The van der Waals surface area contributed by atoms with Gasteiger partial charge in [0.2, 0.25) is 6.41 Å². The van der Waals surface area contributed by atoms with E-state index >= 15 is 0 Å². The first-order valence-electron chi connectivity index (χ1n) is 12.7.